The van der Waals surface area contributed by atoms with Gasteiger partial charge in [-0.3, -0.25) is 19.3 Å². The van der Waals surface area contributed by atoms with Crippen molar-refractivity contribution >= 4 is 23.8 Å². The first-order chi connectivity index (χ1) is 16.5. The third-order valence-corrected chi connectivity index (χ3v) is 5.75. The Morgan fingerprint density at radius 1 is 0.912 bits per heavy atom. The number of carbonyl (C=O) groups is 4. The summed E-state index contributed by atoms with van der Waals surface area (Å²) < 4.78 is 0. The maximum Gasteiger partial charge on any atom is 0.323 e. The minimum atomic E-state index is -0.765. The number of urea groups is 1. The van der Waals surface area contributed by atoms with E-state index in [9.17, 15) is 19.2 Å². The van der Waals surface area contributed by atoms with Gasteiger partial charge in [0.05, 0.1) is 0 Å². The van der Waals surface area contributed by atoms with Gasteiger partial charge in [0.1, 0.15) is 6.04 Å². The number of amides is 5. The molecule has 0 unspecified atom stereocenters. The molecule has 0 saturated carbocycles. The molecule has 5 amide bonds. The molecule has 0 aromatic carbocycles. The van der Waals surface area contributed by atoms with E-state index < -0.39 is 18.0 Å². The van der Waals surface area contributed by atoms with E-state index in [1.165, 1.54) is 45.6 Å². The van der Waals surface area contributed by atoms with Crippen molar-refractivity contribution < 1.29 is 19.2 Å². The standard InChI is InChI=1S/C26H44N4O4/c1-3-4-5-6-7-8-9-10-11-12-13-14-15-16-17-18-23(31)27-20-19-24(32)29-22-21-28-26(34)30(2)25(22)33/h7-8,10-11,22H,3-6,9,12-21H2,1-2H3,(H,27,31)(H,28,34)(H,29,32)/b8-7-,11-10-/t22-/m1/s1. The van der Waals surface area contributed by atoms with Gasteiger partial charge in [-0.05, 0) is 38.5 Å². The number of imide groups is 1. The Morgan fingerprint density at radius 3 is 2.26 bits per heavy atom. The highest BCUT2D eigenvalue weighted by Gasteiger charge is 2.32. The van der Waals surface area contributed by atoms with E-state index in [4.69, 9.17) is 0 Å². The predicted octanol–water partition coefficient (Wildman–Crippen LogP) is 3.97. The molecule has 1 atom stereocenters. The van der Waals surface area contributed by atoms with Crippen molar-refractivity contribution in [2.24, 2.45) is 0 Å². The van der Waals surface area contributed by atoms with Crippen LogP contribution in [0.5, 0.6) is 0 Å². The van der Waals surface area contributed by atoms with E-state index in [1.807, 2.05) is 0 Å². The SMILES string of the molecule is CCCCC/C=C\C/C=C\CCCCCCCC(=O)NCCC(=O)N[C@@H]1CNC(=O)N(C)C1=O. The van der Waals surface area contributed by atoms with Crippen LogP contribution in [-0.2, 0) is 14.4 Å². The molecule has 8 nitrogen and oxygen atoms in total. The van der Waals surface area contributed by atoms with Crippen molar-refractivity contribution in [2.45, 2.75) is 96.4 Å². The lowest BCUT2D eigenvalue weighted by molar-refractivity contribution is -0.134. The Morgan fingerprint density at radius 2 is 1.56 bits per heavy atom. The number of nitrogens with one attached hydrogen (secondary N) is 3. The number of allylic oxidation sites excluding steroid dienone is 4. The molecule has 0 aromatic rings. The van der Waals surface area contributed by atoms with Crippen molar-refractivity contribution in [3.8, 4) is 0 Å². The zero-order valence-electron chi connectivity index (χ0n) is 21.1. The molecule has 1 aliphatic heterocycles. The second-order valence-corrected chi connectivity index (χ2v) is 8.78. The highest BCUT2D eigenvalue weighted by atomic mass is 16.2. The topological polar surface area (TPSA) is 108 Å². The first-order valence-corrected chi connectivity index (χ1v) is 12.9. The van der Waals surface area contributed by atoms with Crippen LogP contribution in [0, 0.1) is 0 Å². The fourth-order valence-corrected chi connectivity index (χ4v) is 3.61. The molecule has 1 fully saturated rings. The predicted molar refractivity (Wildman–Crippen MR) is 135 cm³/mol. The first-order valence-electron chi connectivity index (χ1n) is 12.9. The minimum absolute atomic E-state index is 0.0563. The van der Waals surface area contributed by atoms with Gasteiger partial charge in [-0.15, -0.1) is 0 Å². The van der Waals surface area contributed by atoms with E-state index in [-0.39, 0.29) is 31.3 Å². The highest BCUT2D eigenvalue weighted by molar-refractivity contribution is 6.01. The average molecular weight is 477 g/mol. The van der Waals surface area contributed by atoms with Gasteiger partial charge in [-0.1, -0.05) is 63.3 Å². The lowest BCUT2D eigenvalue weighted by atomic mass is 10.1. The van der Waals surface area contributed by atoms with Gasteiger partial charge >= 0.3 is 6.03 Å². The number of hydrogen-bond donors (Lipinski definition) is 3. The number of likely N-dealkylation sites (N-methyl/N-ethyl adjacent to an activating group) is 1. The summed E-state index contributed by atoms with van der Waals surface area (Å²) in [6.07, 6.45) is 22.2. The van der Waals surface area contributed by atoms with Crippen molar-refractivity contribution in [1.29, 1.82) is 0 Å². The Labute approximate surface area is 205 Å². The number of hydrogen-bond acceptors (Lipinski definition) is 4. The van der Waals surface area contributed by atoms with Crippen LogP contribution in [0.15, 0.2) is 24.3 Å². The van der Waals surface area contributed by atoms with Gasteiger partial charge < -0.3 is 16.0 Å². The van der Waals surface area contributed by atoms with E-state index in [0.29, 0.717) is 6.42 Å². The first kappa shape index (κ1) is 29.4. The Kier molecular flexibility index (Phi) is 16.2. The van der Waals surface area contributed by atoms with Crippen LogP contribution >= 0.6 is 0 Å². The molecule has 0 aromatic heterocycles. The number of rotatable bonds is 18. The molecule has 1 heterocycles. The molecule has 0 aliphatic carbocycles. The van der Waals surface area contributed by atoms with Crippen molar-refractivity contribution in [3.63, 3.8) is 0 Å². The van der Waals surface area contributed by atoms with Crippen molar-refractivity contribution in [2.75, 3.05) is 20.1 Å². The second-order valence-electron chi connectivity index (χ2n) is 8.78. The summed E-state index contributed by atoms with van der Waals surface area (Å²) in [5.41, 5.74) is 0. The quantitative estimate of drug-likeness (QED) is 0.205. The summed E-state index contributed by atoms with van der Waals surface area (Å²) in [6.45, 7) is 2.53. The van der Waals surface area contributed by atoms with Crippen LogP contribution in [0.3, 0.4) is 0 Å². The number of unbranched alkanes of at least 4 members (excludes halogenated alkanes) is 8. The smallest absolute Gasteiger partial charge is 0.323 e. The molecule has 3 N–H and O–H groups in total. The fourth-order valence-electron chi connectivity index (χ4n) is 3.61. The van der Waals surface area contributed by atoms with E-state index in [0.717, 1.165) is 37.0 Å². The lowest BCUT2D eigenvalue weighted by Gasteiger charge is -2.29. The molecule has 1 saturated heterocycles. The van der Waals surface area contributed by atoms with Crippen molar-refractivity contribution in [1.82, 2.24) is 20.9 Å². The summed E-state index contributed by atoms with van der Waals surface area (Å²) in [6, 6.07) is -1.24. The monoisotopic (exact) mass is 476 g/mol. The lowest BCUT2D eigenvalue weighted by Crippen LogP contribution is -2.61. The summed E-state index contributed by atoms with van der Waals surface area (Å²) in [5.74, 6) is -0.832. The fraction of sp³-hybridized carbons (Fsp3) is 0.692. The van der Waals surface area contributed by atoms with Gasteiger partial charge in [-0.25, -0.2) is 4.79 Å². The minimum Gasteiger partial charge on any atom is -0.356 e. The molecule has 192 valence electrons. The summed E-state index contributed by atoms with van der Waals surface area (Å²) in [4.78, 5) is 48.2. The maximum absolute atomic E-state index is 12.0. The highest BCUT2D eigenvalue weighted by Crippen LogP contribution is 2.08. The van der Waals surface area contributed by atoms with Crippen molar-refractivity contribution in [3.05, 3.63) is 24.3 Å². The molecule has 1 rings (SSSR count). The van der Waals surface area contributed by atoms with Crippen LogP contribution in [0.25, 0.3) is 0 Å². The number of nitrogens with zero attached hydrogens (tertiary/aromatic N) is 1. The van der Waals surface area contributed by atoms with Gasteiger partial charge in [0.15, 0.2) is 0 Å². The Balaban J connectivity index is 1.94. The maximum atomic E-state index is 12.0. The van der Waals surface area contributed by atoms with Crippen LogP contribution < -0.4 is 16.0 Å². The molecule has 0 bridgehead atoms. The molecular formula is C26H44N4O4. The largest absolute Gasteiger partial charge is 0.356 e. The van der Waals surface area contributed by atoms with Gasteiger partial charge in [0.2, 0.25) is 11.8 Å². The Hall–Kier alpha value is -2.64. The molecule has 1 aliphatic rings. The summed E-state index contributed by atoms with van der Waals surface area (Å²) in [7, 11) is 1.36. The number of carbonyl (C=O) groups excluding carboxylic acids is 4. The Bertz CT molecular complexity index is 690. The zero-order chi connectivity index (χ0) is 25.0. The summed E-state index contributed by atoms with van der Waals surface area (Å²) >= 11 is 0. The third-order valence-electron chi connectivity index (χ3n) is 5.75. The van der Waals surface area contributed by atoms with E-state index in [2.05, 4.69) is 47.2 Å². The van der Waals surface area contributed by atoms with Gasteiger partial charge in [0, 0.05) is 33.0 Å². The third kappa shape index (κ3) is 13.8. The average Bonchev–Trinajstić information content (AvgIpc) is 2.82. The zero-order valence-corrected chi connectivity index (χ0v) is 21.1. The van der Waals surface area contributed by atoms with Crippen LogP contribution in [0.4, 0.5) is 4.79 Å². The van der Waals surface area contributed by atoms with Gasteiger partial charge in [0.25, 0.3) is 5.91 Å². The van der Waals surface area contributed by atoms with Gasteiger partial charge in [-0.2, -0.15) is 0 Å². The summed E-state index contributed by atoms with van der Waals surface area (Å²) in [5, 5.41) is 7.87. The van der Waals surface area contributed by atoms with E-state index in [1.54, 1.807) is 0 Å². The molecule has 0 radical (unpaired) electrons. The van der Waals surface area contributed by atoms with Crippen LogP contribution in [-0.4, -0.2) is 54.8 Å². The van der Waals surface area contributed by atoms with Crippen LogP contribution in [0.2, 0.25) is 0 Å². The molecule has 0 spiro atoms. The second kappa shape index (κ2) is 18.7. The molecule has 8 heteroatoms. The van der Waals surface area contributed by atoms with E-state index >= 15 is 0 Å². The molecular weight excluding hydrogens is 432 g/mol. The normalized spacial score (nSPS) is 16.3. The van der Waals surface area contributed by atoms with Crippen LogP contribution in [0.1, 0.15) is 90.4 Å². The molecule has 34 heavy (non-hydrogen) atoms.